The summed E-state index contributed by atoms with van der Waals surface area (Å²) in [5.74, 6) is 1.65. The first-order valence-electron chi connectivity index (χ1n) is 8.86. The minimum atomic E-state index is -0.544. The van der Waals surface area contributed by atoms with Gasteiger partial charge >= 0.3 is 0 Å². The van der Waals surface area contributed by atoms with Crippen molar-refractivity contribution in [2.24, 2.45) is 0 Å². The standard InChI is InChI=1S/C20H18FN5OS/c1-2-27-18-11-16(14-5-4-10-28-13-14)24-25-17(18)12-26-9-8-22-20(26)15-6-3-7-19(21)23-15/h3-9,11,13H,2,10,12H2,1H3. The van der Waals surface area contributed by atoms with E-state index in [9.17, 15) is 4.39 Å². The smallest absolute Gasteiger partial charge is 0.213 e. The lowest BCUT2D eigenvalue weighted by atomic mass is 10.1. The maximum Gasteiger partial charge on any atom is 0.213 e. The second-order valence-electron chi connectivity index (χ2n) is 6.01. The van der Waals surface area contributed by atoms with E-state index in [1.165, 1.54) is 6.07 Å². The summed E-state index contributed by atoms with van der Waals surface area (Å²) in [7, 11) is 0. The zero-order chi connectivity index (χ0) is 19.3. The number of ether oxygens (including phenoxy) is 1. The number of hydrogen-bond acceptors (Lipinski definition) is 6. The van der Waals surface area contributed by atoms with Crippen molar-refractivity contribution in [3.8, 4) is 17.3 Å². The van der Waals surface area contributed by atoms with Crippen LogP contribution in [0, 0.1) is 5.95 Å². The zero-order valence-corrected chi connectivity index (χ0v) is 16.1. The summed E-state index contributed by atoms with van der Waals surface area (Å²) in [5, 5.41) is 10.8. The van der Waals surface area contributed by atoms with E-state index in [1.807, 2.05) is 23.6 Å². The first-order chi connectivity index (χ1) is 13.7. The Labute approximate surface area is 166 Å². The molecule has 142 valence electrons. The minimum absolute atomic E-state index is 0.389. The van der Waals surface area contributed by atoms with Crippen LogP contribution in [0.15, 0.2) is 54.2 Å². The molecule has 0 radical (unpaired) electrons. The summed E-state index contributed by atoms with van der Waals surface area (Å²) < 4.78 is 21.2. The SMILES string of the molecule is CCOc1cc(C2=CSCC=C2)nnc1Cn1ccnc1-c1cccc(F)n1. The number of allylic oxidation sites excluding steroid dienone is 2. The fourth-order valence-electron chi connectivity index (χ4n) is 2.85. The highest BCUT2D eigenvalue weighted by molar-refractivity contribution is 8.02. The van der Waals surface area contributed by atoms with E-state index in [0.717, 1.165) is 17.0 Å². The Bertz CT molecular complexity index is 1050. The highest BCUT2D eigenvalue weighted by Gasteiger charge is 2.15. The van der Waals surface area contributed by atoms with Crippen molar-refractivity contribution >= 4 is 17.3 Å². The fraction of sp³-hybridized carbons (Fsp3) is 0.200. The molecule has 3 aromatic heterocycles. The van der Waals surface area contributed by atoms with Gasteiger partial charge < -0.3 is 9.30 Å². The Kier molecular flexibility index (Phi) is 5.48. The van der Waals surface area contributed by atoms with Gasteiger partial charge in [0.15, 0.2) is 5.82 Å². The number of hydrogen-bond donors (Lipinski definition) is 0. The van der Waals surface area contributed by atoms with Gasteiger partial charge in [-0.15, -0.1) is 22.0 Å². The van der Waals surface area contributed by atoms with Gasteiger partial charge in [-0.25, -0.2) is 9.97 Å². The lowest BCUT2D eigenvalue weighted by Crippen LogP contribution is -2.09. The number of halogens is 1. The van der Waals surface area contributed by atoms with Gasteiger partial charge in [0.1, 0.15) is 17.1 Å². The average molecular weight is 395 g/mol. The molecule has 0 N–H and O–H groups in total. The molecule has 0 atom stereocenters. The van der Waals surface area contributed by atoms with Crippen molar-refractivity contribution in [2.45, 2.75) is 13.5 Å². The van der Waals surface area contributed by atoms with Crippen molar-refractivity contribution in [1.82, 2.24) is 24.7 Å². The molecule has 28 heavy (non-hydrogen) atoms. The van der Waals surface area contributed by atoms with Crippen LogP contribution < -0.4 is 4.74 Å². The Morgan fingerprint density at radius 2 is 2.18 bits per heavy atom. The molecule has 4 rings (SSSR count). The summed E-state index contributed by atoms with van der Waals surface area (Å²) >= 11 is 1.72. The zero-order valence-electron chi connectivity index (χ0n) is 15.2. The summed E-state index contributed by atoms with van der Waals surface area (Å²) in [6, 6.07) is 6.55. The third kappa shape index (κ3) is 3.96. The maximum absolute atomic E-state index is 13.5. The molecule has 0 aromatic carbocycles. The molecule has 0 saturated heterocycles. The lowest BCUT2D eigenvalue weighted by Gasteiger charge is -2.13. The van der Waals surface area contributed by atoms with Gasteiger partial charge in [-0.3, -0.25) is 0 Å². The van der Waals surface area contributed by atoms with Gasteiger partial charge in [-0.2, -0.15) is 4.39 Å². The van der Waals surface area contributed by atoms with Crippen LogP contribution in [0.4, 0.5) is 4.39 Å². The largest absolute Gasteiger partial charge is 0.492 e. The van der Waals surface area contributed by atoms with Crippen molar-refractivity contribution in [1.29, 1.82) is 0 Å². The van der Waals surface area contributed by atoms with E-state index in [-0.39, 0.29) is 0 Å². The summed E-state index contributed by atoms with van der Waals surface area (Å²) in [4.78, 5) is 8.23. The molecule has 3 aromatic rings. The second kappa shape index (κ2) is 8.35. The number of imidazole rings is 1. The highest BCUT2D eigenvalue weighted by atomic mass is 32.2. The molecule has 1 aliphatic heterocycles. The molecule has 0 aliphatic carbocycles. The van der Waals surface area contributed by atoms with Crippen LogP contribution in [0.1, 0.15) is 18.3 Å². The van der Waals surface area contributed by atoms with E-state index >= 15 is 0 Å². The summed E-state index contributed by atoms with van der Waals surface area (Å²) in [6.45, 7) is 2.84. The molecular formula is C20H18FN5OS. The molecule has 0 saturated carbocycles. The van der Waals surface area contributed by atoms with Crippen LogP contribution in [0.3, 0.4) is 0 Å². The normalized spacial score (nSPS) is 13.4. The summed E-state index contributed by atoms with van der Waals surface area (Å²) in [5.41, 5.74) is 2.92. The van der Waals surface area contributed by atoms with Crippen molar-refractivity contribution in [3.05, 3.63) is 71.6 Å². The first kappa shape index (κ1) is 18.4. The molecule has 6 nitrogen and oxygen atoms in total. The van der Waals surface area contributed by atoms with E-state index in [2.05, 4.69) is 31.6 Å². The molecule has 0 spiro atoms. The number of pyridine rings is 1. The number of thioether (sulfide) groups is 1. The van der Waals surface area contributed by atoms with E-state index < -0.39 is 5.95 Å². The molecule has 0 unspecified atom stereocenters. The fourth-order valence-corrected chi connectivity index (χ4v) is 3.53. The Morgan fingerprint density at radius 3 is 2.96 bits per heavy atom. The monoisotopic (exact) mass is 395 g/mol. The number of rotatable bonds is 6. The first-order valence-corrected chi connectivity index (χ1v) is 9.91. The predicted molar refractivity (Wildman–Crippen MR) is 107 cm³/mol. The Balaban J connectivity index is 1.66. The van der Waals surface area contributed by atoms with Crippen LogP contribution in [-0.2, 0) is 6.54 Å². The van der Waals surface area contributed by atoms with Crippen molar-refractivity contribution in [2.75, 3.05) is 12.4 Å². The van der Waals surface area contributed by atoms with Crippen LogP contribution in [0.2, 0.25) is 0 Å². The van der Waals surface area contributed by atoms with Gasteiger partial charge in [0, 0.05) is 29.8 Å². The van der Waals surface area contributed by atoms with E-state index in [0.29, 0.717) is 36.1 Å². The minimum Gasteiger partial charge on any atom is -0.492 e. The topological polar surface area (TPSA) is 65.7 Å². The lowest BCUT2D eigenvalue weighted by molar-refractivity contribution is 0.332. The Hall–Kier alpha value is -3.00. The third-order valence-corrected chi connectivity index (χ3v) is 4.91. The van der Waals surface area contributed by atoms with E-state index in [4.69, 9.17) is 4.74 Å². The molecular weight excluding hydrogens is 377 g/mol. The van der Waals surface area contributed by atoms with Crippen molar-refractivity contribution < 1.29 is 9.13 Å². The molecule has 0 fully saturated rings. The van der Waals surface area contributed by atoms with Crippen LogP contribution >= 0.6 is 11.8 Å². The third-order valence-electron chi connectivity index (χ3n) is 4.11. The Morgan fingerprint density at radius 1 is 1.25 bits per heavy atom. The molecule has 0 bridgehead atoms. The van der Waals surface area contributed by atoms with Crippen molar-refractivity contribution in [3.63, 3.8) is 0 Å². The average Bonchev–Trinajstić information content (AvgIpc) is 3.18. The summed E-state index contributed by atoms with van der Waals surface area (Å²) in [6.07, 6.45) is 7.59. The molecule has 4 heterocycles. The highest BCUT2D eigenvalue weighted by Crippen LogP contribution is 2.27. The molecule has 0 amide bonds. The quantitative estimate of drug-likeness (QED) is 0.589. The predicted octanol–water partition coefficient (Wildman–Crippen LogP) is 3.97. The second-order valence-corrected chi connectivity index (χ2v) is 6.91. The van der Waals surface area contributed by atoms with Gasteiger partial charge in [-0.05, 0) is 24.5 Å². The van der Waals surface area contributed by atoms with Crippen LogP contribution in [0.5, 0.6) is 5.75 Å². The van der Waals surface area contributed by atoms with Crippen LogP contribution in [0.25, 0.3) is 17.1 Å². The van der Waals surface area contributed by atoms with E-state index in [1.54, 1.807) is 36.3 Å². The van der Waals surface area contributed by atoms with Gasteiger partial charge in [0.2, 0.25) is 5.95 Å². The number of nitrogens with zero attached hydrogens (tertiary/aromatic N) is 5. The van der Waals surface area contributed by atoms with Crippen LogP contribution in [-0.4, -0.2) is 37.1 Å². The van der Waals surface area contributed by atoms with Gasteiger partial charge in [-0.1, -0.05) is 18.2 Å². The van der Waals surface area contributed by atoms with Gasteiger partial charge in [0.25, 0.3) is 0 Å². The number of aromatic nitrogens is 5. The molecule has 1 aliphatic rings. The molecule has 8 heteroatoms. The maximum atomic E-state index is 13.5. The van der Waals surface area contributed by atoms with Gasteiger partial charge in [0.05, 0.1) is 18.8 Å².